The van der Waals surface area contributed by atoms with E-state index in [9.17, 15) is 8.42 Å². The third-order valence-corrected chi connectivity index (χ3v) is 3.27. The third-order valence-electron chi connectivity index (χ3n) is 1.31. The van der Waals surface area contributed by atoms with Gasteiger partial charge in [-0.3, -0.25) is 0 Å². The van der Waals surface area contributed by atoms with Crippen molar-refractivity contribution in [2.75, 3.05) is 18.1 Å². The Morgan fingerprint density at radius 1 is 1.44 bits per heavy atom. The van der Waals surface area contributed by atoms with E-state index in [4.69, 9.17) is 5.73 Å². The molecule has 56 valence electrons. The van der Waals surface area contributed by atoms with Crippen LogP contribution in [-0.4, -0.2) is 26.5 Å². The molecule has 0 amide bonds. The average molecular weight is 172 g/mol. The summed E-state index contributed by atoms with van der Waals surface area (Å²) in [7, 11) is -2.62. The van der Waals surface area contributed by atoms with Gasteiger partial charge in [0.05, 0.1) is 11.5 Å². The molecule has 1 aliphatic heterocycles. The maximum Gasteiger partial charge on any atom is 0.151 e. The van der Waals surface area contributed by atoms with Gasteiger partial charge in [-0.25, -0.2) is 8.42 Å². The number of hydrogen-bond acceptors (Lipinski definition) is 3. The molecular weight excluding hydrogens is 162 g/mol. The molecule has 2 N–H and O–H groups in total. The molecule has 0 saturated carbocycles. The number of halogens is 1. The fraction of sp³-hybridized carbons (Fsp3) is 1.00. The molecule has 9 heavy (non-hydrogen) atoms. The zero-order valence-electron chi connectivity index (χ0n) is 4.91. The Kier molecular flexibility index (Phi) is 2.92. The maximum atomic E-state index is 10.4. The summed E-state index contributed by atoms with van der Waals surface area (Å²) in [6.07, 6.45) is 0. The summed E-state index contributed by atoms with van der Waals surface area (Å²) in [5.41, 5.74) is 5.19. The van der Waals surface area contributed by atoms with Crippen LogP contribution in [0.3, 0.4) is 0 Å². The second-order valence-electron chi connectivity index (χ2n) is 2.18. The van der Waals surface area contributed by atoms with Gasteiger partial charge in [-0.05, 0) is 12.5 Å². The Morgan fingerprint density at radius 3 is 2.00 bits per heavy atom. The highest BCUT2D eigenvalue weighted by molar-refractivity contribution is 7.92. The van der Waals surface area contributed by atoms with Gasteiger partial charge in [-0.2, -0.15) is 0 Å². The molecule has 0 spiro atoms. The van der Waals surface area contributed by atoms with Crippen molar-refractivity contribution in [1.29, 1.82) is 0 Å². The van der Waals surface area contributed by atoms with Crippen LogP contribution < -0.4 is 5.73 Å². The topological polar surface area (TPSA) is 60.2 Å². The van der Waals surface area contributed by atoms with Crippen molar-refractivity contribution in [3.05, 3.63) is 0 Å². The summed E-state index contributed by atoms with van der Waals surface area (Å²) in [5, 5.41) is 0. The Morgan fingerprint density at radius 2 is 1.89 bits per heavy atom. The van der Waals surface area contributed by atoms with Gasteiger partial charge in [0, 0.05) is 0 Å². The minimum atomic E-state index is -2.62. The molecule has 3 nitrogen and oxygen atoms in total. The van der Waals surface area contributed by atoms with Crippen molar-refractivity contribution in [3.63, 3.8) is 0 Å². The van der Waals surface area contributed by atoms with Crippen LogP contribution in [0.15, 0.2) is 0 Å². The molecule has 0 aromatic carbocycles. The van der Waals surface area contributed by atoms with Crippen LogP contribution >= 0.6 is 12.4 Å². The summed E-state index contributed by atoms with van der Waals surface area (Å²) in [5.74, 6) is 0.868. The van der Waals surface area contributed by atoms with Crippen molar-refractivity contribution in [2.45, 2.75) is 0 Å². The zero-order chi connectivity index (χ0) is 6.20. The lowest BCUT2D eigenvalue weighted by Gasteiger charge is -2.23. The maximum absolute atomic E-state index is 10.4. The molecule has 0 aliphatic carbocycles. The van der Waals surface area contributed by atoms with Gasteiger partial charge in [0.2, 0.25) is 0 Å². The van der Waals surface area contributed by atoms with Crippen LogP contribution in [0.5, 0.6) is 0 Å². The summed E-state index contributed by atoms with van der Waals surface area (Å²) in [6, 6.07) is 0. The first-order valence-corrected chi connectivity index (χ1v) is 4.37. The summed E-state index contributed by atoms with van der Waals surface area (Å²) in [6.45, 7) is 0.513. The van der Waals surface area contributed by atoms with Crippen molar-refractivity contribution in [3.8, 4) is 0 Å². The van der Waals surface area contributed by atoms with Gasteiger partial charge in [0.15, 0.2) is 9.84 Å². The largest absolute Gasteiger partial charge is 0.330 e. The molecule has 0 bridgehead atoms. The molecule has 0 aromatic rings. The van der Waals surface area contributed by atoms with E-state index in [2.05, 4.69) is 0 Å². The smallest absolute Gasteiger partial charge is 0.151 e. The van der Waals surface area contributed by atoms with Crippen molar-refractivity contribution in [2.24, 2.45) is 11.7 Å². The molecule has 1 fully saturated rings. The van der Waals surface area contributed by atoms with Crippen molar-refractivity contribution >= 4 is 22.2 Å². The highest BCUT2D eigenvalue weighted by atomic mass is 35.5. The van der Waals surface area contributed by atoms with E-state index in [1.165, 1.54) is 0 Å². The van der Waals surface area contributed by atoms with Crippen LogP contribution in [0, 0.1) is 5.92 Å². The SMILES string of the molecule is Cl.NCC1CS(=O)(=O)C1. The molecule has 1 aliphatic rings. The molecule has 1 heterocycles. The standard InChI is InChI=1S/C4H9NO2S.ClH/c5-1-4-2-8(6,7)3-4;/h4H,1-3,5H2;1H. The van der Waals surface area contributed by atoms with E-state index in [1.54, 1.807) is 0 Å². The monoisotopic (exact) mass is 171 g/mol. The van der Waals surface area contributed by atoms with E-state index in [0.717, 1.165) is 0 Å². The first-order valence-electron chi connectivity index (χ1n) is 2.54. The van der Waals surface area contributed by atoms with Gasteiger partial charge < -0.3 is 5.73 Å². The quantitative estimate of drug-likeness (QED) is 0.574. The normalized spacial score (nSPS) is 24.1. The number of rotatable bonds is 1. The molecule has 0 aromatic heterocycles. The van der Waals surface area contributed by atoms with E-state index in [0.29, 0.717) is 18.1 Å². The lowest BCUT2D eigenvalue weighted by molar-refractivity contribution is 0.526. The number of hydrogen-bond donors (Lipinski definition) is 1. The molecule has 5 heteroatoms. The lowest BCUT2D eigenvalue weighted by atomic mass is 10.2. The third kappa shape index (κ3) is 2.12. The van der Waals surface area contributed by atoms with Crippen molar-refractivity contribution < 1.29 is 8.42 Å². The second kappa shape index (κ2) is 2.86. The molecule has 0 radical (unpaired) electrons. The van der Waals surface area contributed by atoms with Crippen LogP contribution in [0.2, 0.25) is 0 Å². The summed E-state index contributed by atoms with van der Waals surface area (Å²) in [4.78, 5) is 0. The Balaban J connectivity index is 0.000000640. The van der Waals surface area contributed by atoms with Gasteiger partial charge in [0.25, 0.3) is 0 Å². The summed E-state index contributed by atoms with van der Waals surface area (Å²) < 4.78 is 20.8. The highest BCUT2D eigenvalue weighted by Gasteiger charge is 2.31. The second-order valence-corrected chi connectivity index (χ2v) is 4.33. The molecule has 1 saturated heterocycles. The zero-order valence-corrected chi connectivity index (χ0v) is 6.54. The van der Waals surface area contributed by atoms with Crippen LogP contribution in [0.4, 0.5) is 0 Å². The Hall–Kier alpha value is 0.200. The van der Waals surface area contributed by atoms with Crippen LogP contribution in [0.1, 0.15) is 0 Å². The summed E-state index contributed by atoms with van der Waals surface area (Å²) >= 11 is 0. The highest BCUT2D eigenvalue weighted by Crippen LogP contribution is 2.15. The Bertz CT molecular complexity index is 165. The molecule has 1 rings (SSSR count). The average Bonchev–Trinajstić information content (AvgIpc) is 1.60. The van der Waals surface area contributed by atoms with Gasteiger partial charge in [0.1, 0.15) is 0 Å². The minimum absolute atomic E-state index is 0. The van der Waals surface area contributed by atoms with E-state index in [1.807, 2.05) is 0 Å². The van der Waals surface area contributed by atoms with Crippen LogP contribution in [0.25, 0.3) is 0 Å². The van der Waals surface area contributed by atoms with Gasteiger partial charge >= 0.3 is 0 Å². The first kappa shape index (κ1) is 9.20. The van der Waals surface area contributed by atoms with Crippen molar-refractivity contribution in [1.82, 2.24) is 0 Å². The molecular formula is C4H10ClNO2S. The fourth-order valence-corrected chi connectivity index (χ4v) is 2.42. The van der Waals surface area contributed by atoms with Crippen LogP contribution in [-0.2, 0) is 9.84 Å². The van der Waals surface area contributed by atoms with Gasteiger partial charge in [-0.15, -0.1) is 12.4 Å². The lowest BCUT2D eigenvalue weighted by Crippen LogP contribution is -2.40. The van der Waals surface area contributed by atoms with Gasteiger partial charge in [-0.1, -0.05) is 0 Å². The van der Waals surface area contributed by atoms with E-state index in [-0.39, 0.29) is 18.3 Å². The predicted octanol–water partition coefficient (Wildman–Crippen LogP) is -0.589. The predicted molar refractivity (Wildman–Crippen MR) is 38.4 cm³/mol. The number of nitrogens with two attached hydrogens (primary N) is 1. The van der Waals surface area contributed by atoms with E-state index < -0.39 is 9.84 Å². The minimum Gasteiger partial charge on any atom is -0.330 e. The Labute approximate surface area is 60.9 Å². The number of sulfone groups is 1. The molecule has 0 atom stereocenters. The first-order chi connectivity index (χ1) is 3.64. The fourth-order valence-electron chi connectivity index (χ4n) is 0.806. The molecule has 0 unspecified atom stereocenters. The van der Waals surface area contributed by atoms with E-state index >= 15 is 0 Å².